The summed E-state index contributed by atoms with van der Waals surface area (Å²) in [4.78, 5) is 2.64. The first-order valence-corrected chi connectivity index (χ1v) is 5.96. The number of nitrogens with one attached hydrogen (secondary N) is 1. The van der Waals surface area contributed by atoms with Crippen molar-refractivity contribution < 1.29 is 0 Å². The van der Waals surface area contributed by atoms with Crippen molar-refractivity contribution >= 4 is 0 Å². The van der Waals surface area contributed by atoms with Gasteiger partial charge in [0.2, 0.25) is 0 Å². The van der Waals surface area contributed by atoms with Crippen LogP contribution >= 0.6 is 0 Å². The molecule has 1 N–H and O–H groups in total. The molecule has 14 heavy (non-hydrogen) atoms. The van der Waals surface area contributed by atoms with Crippen LogP contribution < -0.4 is 5.32 Å². The maximum atomic E-state index is 3.32. The summed E-state index contributed by atoms with van der Waals surface area (Å²) in [6.45, 7) is 12.0. The molecule has 0 bridgehead atoms. The van der Waals surface area contributed by atoms with Gasteiger partial charge in [-0.15, -0.1) is 0 Å². The first-order chi connectivity index (χ1) is 6.54. The van der Waals surface area contributed by atoms with Crippen LogP contribution in [-0.2, 0) is 0 Å². The van der Waals surface area contributed by atoms with Gasteiger partial charge < -0.3 is 10.2 Å². The van der Waals surface area contributed by atoms with Crippen molar-refractivity contribution in [3.8, 4) is 0 Å². The predicted octanol–water partition coefficient (Wildman–Crippen LogP) is 1.96. The molecule has 2 heteroatoms. The molecule has 1 fully saturated rings. The maximum absolute atomic E-state index is 3.32. The van der Waals surface area contributed by atoms with Crippen LogP contribution in [0.3, 0.4) is 0 Å². The summed E-state index contributed by atoms with van der Waals surface area (Å²) < 4.78 is 0. The standard InChI is InChI=1S/C12H26N2/c1-9-7-14(8-10(9)2)12(4)6-11(3)13-5/h9-13H,6-8H2,1-5H3. The Bertz CT molecular complexity index is 160. The summed E-state index contributed by atoms with van der Waals surface area (Å²) in [6, 6.07) is 1.36. The molecular weight excluding hydrogens is 172 g/mol. The summed E-state index contributed by atoms with van der Waals surface area (Å²) >= 11 is 0. The van der Waals surface area contributed by atoms with Crippen LogP contribution in [0.2, 0.25) is 0 Å². The average Bonchev–Trinajstić information content (AvgIpc) is 2.47. The second kappa shape index (κ2) is 5.13. The average molecular weight is 198 g/mol. The van der Waals surface area contributed by atoms with Crippen LogP contribution in [0, 0.1) is 11.8 Å². The highest BCUT2D eigenvalue weighted by Gasteiger charge is 2.29. The van der Waals surface area contributed by atoms with Gasteiger partial charge in [0.05, 0.1) is 0 Å². The number of likely N-dealkylation sites (tertiary alicyclic amines) is 1. The lowest BCUT2D eigenvalue weighted by Crippen LogP contribution is -2.36. The Labute approximate surface area is 89.1 Å². The molecular formula is C12H26N2. The van der Waals surface area contributed by atoms with Crippen molar-refractivity contribution in [2.45, 2.75) is 46.2 Å². The van der Waals surface area contributed by atoms with E-state index in [0.29, 0.717) is 6.04 Å². The van der Waals surface area contributed by atoms with E-state index in [4.69, 9.17) is 0 Å². The summed E-state index contributed by atoms with van der Waals surface area (Å²) in [5.41, 5.74) is 0. The van der Waals surface area contributed by atoms with Gasteiger partial charge in [-0.2, -0.15) is 0 Å². The van der Waals surface area contributed by atoms with Gasteiger partial charge in [-0.3, -0.25) is 0 Å². The van der Waals surface area contributed by atoms with E-state index in [1.165, 1.54) is 19.5 Å². The van der Waals surface area contributed by atoms with Gasteiger partial charge in [0, 0.05) is 25.2 Å². The lowest BCUT2D eigenvalue weighted by molar-refractivity contribution is 0.223. The quantitative estimate of drug-likeness (QED) is 0.743. The highest BCUT2D eigenvalue weighted by molar-refractivity contribution is 4.83. The van der Waals surface area contributed by atoms with Gasteiger partial charge >= 0.3 is 0 Å². The van der Waals surface area contributed by atoms with Crippen molar-refractivity contribution in [2.24, 2.45) is 11.8 Å². The Morgan fingerprint density at radius 2 is 1.71 bits per heavy atom. The zero-order chi connectivity index (χ0) is 10.7. The molecule has 0 spiro atoms. The van der Waals surface area contributed by atoms with E-state index in [1.807, 2.05) is 7.05 Å². The highest BCUT2D eigenvalue weighted by atomic mass is 15.2. The molecule has 0 aromatic heterocycles. The Morgan fingerprint density at radius 1 is 1.21 bits per heavy atom. The van der Waals surface area contributed by atoms with Gasteiger partial charge in [0.15, 0.2) is 0 Å². The Hall–Kier alpha value is -0.0800. The zero-order valence-electron chi connectivity index (χ0n) is 10.4. The maximum Gasteiger partial charge on any atom is 0.00818 e. The number of rotatable bonds is 4. The largest absolute Gasteiger partial charge is 0.317 e. The smallest absolute Gasteiger partial charge is 0.00818 e. The summed E-state index contributed by atoms with van der Waals surface area (Å²) in [6.07, 6.45) is 1.26. The number of hydrogen-bond acceptors (Lipinski definition) is 2. The van der Waals surface area contributed by atoms with E-state index < -0.39 is 0 Å². The zero-order valence-corrected chi connectivity index (χ0v) is 10.4. The Morgan fingerprint density at radius 3 is 2.14 bits per heavy atom. The van der Waals surface area contributed by atoms with Crippen molar-refractivity contribution in [1.29, 1.82) is 0 Å². The third kappa shape index (κ3) is 2.96. The molecule has 0 amide bonds. The molecule has 4 atom stereocenters. The number of hydrogen-bond donors (Lipinski definition) is 1. The van der Waals surface area contributed by atoms with Crippen LogP contribution in [0.25, 0.3) is 0 Å². The van der Waals surface area contributed by atoms with Crippen LogP contribution in [0.15, 0.2) is 0 Å². The Kier molecular flexibility index (Phi) is 4.39. The summed E-state index contributed by atoms with van der Waals surface area (Å²) in [7, 11) is 2.05. The van der Waals surface area contributed by atoms with Crippen LogP contribution in [-0.4, -0.2) is 37.1 Å². The molecule has 1 saturated heterocycles. The minimum absolute atomic E-state index is 0.635. The van der Waals surface area contributed by atoms with E-state index >= 15 is 0 Å². The topological polar surface area (TPSA) is 15.3 Å². The molecule has 1 aliphatic heterocycles. The molecule has 2 nitrogen and oxygen atoms in total. The van der Waals surface area contributed by atoms with Crippen LogP contribution in [0.5, 0.6) is 0 Å². The molecule has 4 unspecified atom stereocenters. The minimum Gasteiger partial charge on any atom is -0.317 e. The second-order valence-electron chi connectivity index (χ2n) is 5.18. The van der Waals surface area contributed by atoms with Gasteiger partial charge in [-0.1, -0.05) is 13.8 Å². The van der Waals surface area contributed by atoms with Crippen LogP contribution in [0.1, 0.15) is 34.1 Å². The monoisotopic (exact) mass is 198 g/mol. The first-order valence-electron chi connectivity index (χ1n) is 5.96. The molecule has 1 aliphatic rings. The summed E-state index contributed by atoms with van der Waals surface area (Å²) in [5, 5.41) is 3.32. The van der Waals surface area contributed by atoms with Gasteiger partial charge in [0.1, 0.15) is 0 Å². The predicted molar refractivity (Wildman–Crippen MR) is 62.5 cm³/mol. The van der Waals surface area contributed by atoms with E-state index in [1.54, 1.807) is 0 Å². The van der Waals surface area contributed by atoms with Gasteiger partial charge in [-0.05, 0) is 39.2 Å². The normalized spacial score (nSPS) is 33.2. The van der Waals surface area contributed by atoms with Crippen molar-refractivity contribution in [3.63, 3.8) is 0 Å². The minimum atomic E-state index is 0.635. The van der Waals surface area contributed by atoms with E-state index in [0.717, 1.165) is 17.9 Å². The number of nitrogens with zero attached hydrogens (tertiary/aromatic N) is 1. The molecule has 0 aromatic rings. The fourth-order valence-electron chi connectivity index (χ4n) is 2.31. The fourth-order valence-corrected chi connectivity index (χ4v) is 2.31. The first kappa shape index (κ1) is 12.0. The van der Waals surface area contributed by atoms with Gasteiger partial charge in [-0.25, -0.2) is 0 Å². The van der Waals surface area contributed by atoms with Crippen molar-refractivity contribution in [3.05, 3.63) is 0 Å². The van der Waals surface area contributed by atoms with E-state index in [-0.39, 0.29) is 0 Å². The molecule has 84 valence electrons. The molecule has 1 heterocycles. The van der Waals surface area contributed by atoms with Crippen molar-refractivity contribution in [1.82, 2.24) is 10.2 Å². The fraction of sp³-hybridized carbons (Fsp3) is 1.00. The molecule has 0 aliphatic carbocycles. The lowest BCUT2D eigenvalue weighted by atomic mass is 10.0. The molecule has 0 aromatic carbocycles. The van der Waals surface area contributed by atoms with Crippen molar-refractivity contribution in [2.75, 3.05) is 20.1 Å². The third-order valence-corrected chi connectivity index (χ3v) is 3.83. The van der Waals surface area contributed by atoms with Gasteiger partial charge in [0.25, 0.3) is 0 Å². The second-order valence-corrected chi connectivity index (χ2v) is 5.18. The highest BCUT2D eigenvalue weighted by Crippen LogP contribution is 2.25. The SMILES string of the molecule is CNC(C)CC(C)N1CC(C)C(C)C1. The molecule has 0 saturated carbocycles. The molecule has 1 rings (SSSR count). The summed E-state index contributed by atoms with van der Waals surface area (Å²) in [5.74, 6) is 1.75. The molecule has 0 radical (unpaired) electrons. The van der Waals surface area contributed by atoms with Crippen LogP contribution in [0.4, 0.5) is 0 Å². The third-order valence-electron chi connectivity index (χ3n) is 3.83. The van der Waals surface area contributed by atoms with E-state index in [2.05, 4.69) is 37.9 Å². The Balaban J connectivity index is 2.35. The lowest BCUT2D eigenvalue weighted by Gasteiger charge is -2.26. The van der Waals surface area contributed by atoms with E-state index in [9.17, 15) is 0 Å².